The molecule has 0 saturated carbocycles. The summed E-state index contributed by atoms with van der Waals surface area (Å²) in [6.45, 7) is 0.296. The zero-order valence-electron chi connectivity index (χ0n) is 25.1. The van der Waals surface area contributed by atoms with E-state index in [-0.39, 0.29) is 10.9 Å². The number of nitrogens with one attached hydrogen (secondary N) is 1. The van der Waals surface area contributed by atoms with Crippen LogP contribution in [0.1, 0.15) is 43.3 Å². The van der Waals surface area contributed by atoms with E-state index in [2.05, 4.69) is 5.32 Å². The van der Waals surface area contributed by atoms with Crippen molar-refractivity contribution in [2.45, 2.75) is 18.0 Å². The summed E-state index contributed by atoms with van der Waals surface area (Å²) in [6.07, 6.45) is 0. The SMILES string of the molecule is COc1cccc(C2C(C(=O)c3ccccc3)(C(=O)c3ccccc3)C(=S)NC23C(=O)N(Cc2ccccc2)c2ccccc23)c1. The average molecular weight is 623 g/mol. The molecule has 1 fully saturated rings. The number of para-hydroxylation sites is 1. The van der Waals surface area contributed by atoms with Crippen molar-refractivity contribution in [1.82, 2.24) is 5.32 Å². The lowest BCUT2D eigenvalue weighted by Gasteiger charge is -2.38. The fraction of sp³-hybridized carbons (Fsp3) is 0.128. The van der Waals surface area contributed by atoms with Crippen LogP contribution >= 0.6 is 12.2 Å². The fourth-order valence-electron chi connectivity index (χ4n) is 7.14. The minimum absolute atomic E-state index is 0.00717. The number of hydrogen-bond acceptors (Lipinski definition) is 5. The lowest BCUT2D eigenvalue weighted by Crippen LogP contribution is -2.52. The number of amides is 1. The van der Waals surface area contributed by atoms with E-state index in [9.17, 15) is 0 Å². The molecule has 7 heteroatoms. The molecule has 0 aliphatic carbocycles. The van der Waals surface area contributed by atoms with Crippen molar-refractivity contribution in [2.75, 3.05) is 12.0 Å². The van der Waals surface area contributed by atoms with Crippen molar-refractivity contribution in [3.05, 3.63) is 167 Å². The number of fused-ring (bicyclic) bond motifs is 2. The molecule has 226 valence electrons. The van der Waals surface area contributed by atoms with Crippen molar-refractivity contribution in [3.8, 4) is 5.75 Å². The van der Waals surface area contributed by atoms with Crippen molar-refractivity contribution < 1.29 is 19.1 Å². The Morgan fingerprint density at radius 3 is 1.93 bits per heavy atom. The highest BCUT2D eigenvalue weighted by molar-refractivity contribution is 7.80. The third kappa shape index (κ3) is 4.30. The van der Waals surface area contributed by atoms with E-state index in [0.29, 0.717) is 40.2 Å². The van der Waals surface area contributed by atoms with E-state index in [0.717, 1.165) is 5.56 Å². The Balaban J connectivity index is 1.55. The first kappa shape index (κ1) is 29.3. The van der Waals surface area contributed by atoms with Gasteiger partial charge in [0.1, 0.15) is 5.75 Å². The van der Waals surface area contributed by atoms with Crippen LogP contribution < -0.4 is 15.0 Å². The third-order valence-corrected chi connectivity index (χ3v) is 9.56. The predicted molar refractivity (Wildman–Crippen MR) is 181 cm³/mol. The molecule has 1 spiro atoms. The number of carbonyl (C=O) groups is 3. The first-order chi connectivity index (χ1) is 22.4. The summed E-state index contributed by atoms with van der Waals surface area (Å²) in [7, 11) is 1.56. The maximum Gasteiger partial charge on any atom is 0.258 e. The van der Waals surface area contributed by atoms with Gasteiger partial charge in [0.15, 0.2) is 22.5 Å². The summed E-state index contributed by atoms with van der Waals surface area (Å²) in [5.74, 6) is -1.79. The van der Waals surface area contributed by atoms with Gasteiger partial charge in [0.25, 0.3) is 5.91 Å². The van der Waals surface area contributed by atoms with Gasteiger partial charge in [-0.15, -0.1) is 0 Å². The number of thiocarbonyl (C=S) groups is 1. The van der Waals surface area contributed by atoms with Crippen molar-refractivity contribution >= 4 is 40.4 Å². The van der Waals surface area contributed by atoms with Gasteiger partial charge in [0, 0.05) is 22.6 Å². The number of hydrogen-bond donors (Lipinski definition) is 1. The standard InChI is InChI=1S/C39H30N2O4S/c1-45-30-21-13-20-29(24-30)33-38(34(42)27-16-7-3-8-17-27,35(43)28-18-9-4-10-19-28)36(46)40-39(33)31-22-11-12-23-32(31)41(37(39)44)25-26-14-5-2-6-15-26/h2-24,33H,25H2,1H3,(H,40,46). The van der Waals surface area contributed by atoms with Gasteiger partial charge in [-0.25, -0.2) is 0 Å². The molecule has 2 unspecified atom stereocenters. The minimum Gasteiger partial charge on any atom is -0.497 e. The second kappa shape index (κ2) is 11.5. The van der Waals surface area contributed by atoms with Gasteiger partial charge in [-0.2, -0.15) is 0 Å². The number of rotatable bonds is 8. The maximum absolute atomic E-state index is 15.2. The Morgan fingerprint density at radius 2 is 1.33 bits per heavy atom. The molecule has 6 nitrogen and oxygen atoms in total. The summed E-state index contributed by atoms with van der Waals surface area (Å²) in [6, 6.07) is 41.9. The van der Waals surface area contributed by atoms with E-state index in [4.69, 9.17) is 17.0 Å². The topological polar surface area (TPSA) is 75.7 Å². The molecule has 46 heavy (non-hydrogen) atoms. The van der Waals surface area contributed by atoms with Gasteiger partial charge >= 0.3 is 0 Å². The van der Waals surface area contributed by atoms with E-state index in [1.807, 2.05) is 72.8 Å². The summed E-state index contributed by atoms with van der Waals surface area (Å²) >= 11 is 6.15. The molecule has 1 N–H and O–H groups in total. The molecule has 7 rings (SSSR count). The first-order valence-corrected chi connectivity index (χ1v) is 15.5. The van der Waals surface area contributed by atoms with Gasteiger partial charge in [-0.05, 0) is 29.3 Å². The summed E-state index contributed by atoms with van der Waals surface area (Å²) in [4.78, 5) is 47.3. The van der Waals surface area contributed by atoms with E-state index in [1.165, 1.54) is 0 Å². The number of nitrogens with zero attached hydrogens (tertiary/aromatic N) is 1. The molecular formula is C39H30N2O4S. The third-order valence-electron chi connectivity index (χ3n) is 9.14. The fourth-order valence-corrected chi connectivity index (χ4v) is 7.60. The number of carbonyl (C=O) groups excluding carboxylic acids is 3. The molecule has 1 saturated heterocycles. The number of Topliss-reactive ketones (excluding diaryl/α,β-unsaturated/α-hetero) is 2. The zero-order valence-corrected chi connectivity index (χ0v) is 25.9. The summed E-state index contributed by atoms with van der Waals surface area (Å²) in [5, 5.41) is 3.39. The van der Waals surface area contributed by atoms with Gasteiger partial charge in [-0.3, -0.25) is 14.4 Å². The first-order valence-electron chi connectivity index (χ1n) is 15.0. The minimum atomic E-state index is -1.98. The molecule has 5 aromatic carbocycles. The van der Waals surface area contributed by atoms with E-state index >= 15 is 14.4 Å². The Morgan fingerprint density at radius 1 is 0.761 bits per heavy atom. The number of methoxy groups -OCH3 is 1. The molecule has 0 bridgehead atoms. The van der Waals surface area contributed by atoms with Crippen LogP contribution in [-0.4, -0.2) is 29.6 Å². The molecule has 0 radical (unpaired) electrons. The van der Waals surface area contributed by atoms with Crippen LogP contribution in [0.25, 0.3) is 0 Å². The van der Waals surface area contributed by atoms with Gasteiger partial charge in [0.05, 0.1) is 24.3 Å². The smallest absolute Gasteiger partial charge is 0.258 e. The van der Waals surface area contributed by atoms with Crippen molar-refractivity contribution in [1.29, 1.82) is 0 Å². The van der Waals surface area contributed by atoms with Gasteiger partial charge < -0.3 is 15.0 Å². The van der Waals surface area contributed by atoms with Crippen LogP contribution in [0.2, 0.25) is 0 Å². The molecule has 2 aliphatic rings. The zero-order chi connectivity index (χ0) is 31.9. The highest BCUT2D eigenvalue weighted by atomic mass is 32.1. The molecule has 1 amide bonds. The summed E-state index contributed by atoms with van der Waals surface area (Å²) < 4.78 is 5.63. The molecule has 2 heterocycles. The van der Waals surface area contributed by atoms with Crippen LogP contribution in [0.5, 0.6) is 5.75 Å². The average Bonchev–Trinajstić information content (AvgIpc) is 3.52. The summed E-state index contributed by atoms with van der Waals surface area (Å²) in [5.41, 5.74) is -0.0661. The van der Waals surface area contributed by atoms with Gasteiger partial charge in [-0.1, -0.05) is 134 Å². The largest absolute Gasteiger partial charge is 0.497 e. The predicted octanol–water partition coefficient (Wildman–Crippen LogP) is 6.90. The van der Waals surface area contributed by atoms with Crippen molar-refractivity contribution in [2.24, 2.45) is 5.41 Å². The molecule has 2 atom stereocenters. The highest BCUT2D eigenvalue weighted by Gasteiger charge is 2.73. The lowest BCUT2D eigenvalue weighted by atomic mass is 9.59. The Kier molecular flexibility index (Phi) is 7.34. The number of benzene rings is 5. The Labute approximate surface area is 272 Å². The van der Waals surface area contributed by atoms with Crippen LogP contribution in [-0.2, 0) is 16.9 Å². The second-order valence-electron chi connectivity index (χ2n) is 11.6. The lowest BCUT2D eigenvalue weighted by molar-refractivity contribution is -0.124. The van der Waals surface area contributed by atoms with Crippen LogP contribution in [0.4, 0.5) is 5.69 Å². The second-order valence-corrected chi connectivity index (χ2v) is 12.0. The molecule has 5 aromatic rings. The molecule has 0 aromatic heterocycles. The van der Waals surface area contributed by atoms with E-state index < -0.39 is 28.4 Å². The highest BCUT2D eigenvalue weighted by Crippen LogP contribution is 2.61. The maximum atomic E-state index is 15.2. The normalized spacial score (nSPS) is 19.5. The van der Waals surface area contributed by atoms with Gasteiger partial charge in [0.2, 0.25) is 0 Å². The molecular weight excluding hydrogens is 593 g/mol. The van der Waals surface area contributed by atoms with Crippen LogP contribution in [0, 0.1) is 5.41 Å². The van der Waals surface area contributed by atoms with E-state index in [1.54, 1.807) is 78.7 Å². The van der Waals surface area contributed by atoms with Crippen LogP contribution in [0.15, 0.2) is 140 Å². The number of ketones is 2. The Hall–Kier alpha value is -5.40. The Bertz CT molecular complexity index is 1930. The molecule has 2 aliphatic heterocycles. The monoisotopic (exact) mass is 622 g/mol. The number of anilines is 1. The van der Waals surface area contributed by atoms with Crippen molar-refractivity contribution in [3.63, 3.8) is 0 Å². The quantitative estimate of drug-likeness (QED) is 0.115. The van der Waals surface area contributed by atoms with Crippen LogP contribution in [0.3, 0.4) is 0 Å². The number of ether oxygens (including phenoxy) is 1.